The van der Waals surface area contributed by atoms with Crippen molar-refractivity contribution in [2.45, 2.75) is 24.9 Å². The minimum Gasteiger partial charge on any atom is -0.365 e. The maximum absolute atomic E-state index is 14.3. The number of aryl methyl sites for hydroxylation is 1. The summed E-state index contributed by atoms with van der Waals surface area (Å²) >= 11 is 2.88. The molecular formula is C24H23FN4OS2. The predicted molar refractivity (Wildman–Crippen MR) is 130 cm³/mol. The Bertz CT molecular complexity index is 1310. The maximum Gasteiger partial charge on any atom is 0.233 e. The zero-order chi connectivity index (χ0) is 22.2. The lowest BCUT2D eigenvalue weighted by molar-refractivity contribution is -0.129. The van der Waals surface area contributed by atoms with Gasteiger partial charge in [0.15, 0.2) is 0 Å². The molecule has 2 aromatic heterocycles. The Hall–Kier alpha value is -2.71. The van der Waals surface area contributed by atoms with Crippen LogP contribution in [-0.4, -0.2) is 52.2 Å². The molecule has 1 aliphatic rings. The Kier molecular flexibility index (Phi) is 5.73. The molecule has 0 radical (unpaired) electrons. The maximum atomic E-state index is 14.3. The van der Waals surface area contributed by atoms with Crippen LogP contribution in [0.4, 0.5) is 10.1 Å². The van der Waals surface area contributed by atoms with E-state index in [4.69, 9.17) is 0 Å². The molecule has 3 heterocycles. The lowest BCUT2D eigenvalue weighted by Gasteiger charge is -2.41. The van der Waals surface area contributed by atoms with Gasteiger partial charge in [-0.25, -0.2) is 14.4 Å². The number of carbonyl (C=O) groups excluding carboxylic acids is 1. The second-order valence-corrected chi connectivity index (χ2v) is 10.1. The molecule has 1 amide bonds. The SMILES string of the molecule is Cc1cccc(N2CCN(C(=O)CSc3ncnc4c3sc3cccc(F)c34)C[C@@H]2C)c1. The van der Waals surface area contributed by atoms with Gasteiger partial charge in [-0.1, -0.05) is 30.0 Å². The summed E-state index contributed by atoms with van der Waals surface area (Å²) in [4.78, 5) is 26.0. The molecule has 8 heteroatoms. The Labute approximate surface area is 194 Å². The van der Waals surface area contributed by atoms with Crippen molar-refractivity contribution < 1.29 is 9.18 Å². The number of anilines is 1. The van der Waals surface area contributed by atoms with E-state index in [-0.39, 0.29) is 17.8 Å². The molecule has 164 valence electrons. The van der Waals surface area contributed by atoms with Crippen molar-refractivity contribution in [1.82, 2.24) is 14.9 Å². The molecule has 0 spiro atoms. The Morgan fingerprint density at radius 3 is 2.88 bits per heavy atom. The summed E-state index contributed by atoms with van der Waals surface area (Å²) in [6.45, 7) is 6.47. The minimum atomic E-state index is -0.278. The quantitative estimate of drug-likeness (QED) is 0.309. The largest absolute Gasteiger partial charge is 0.365 e. The molecule has 32 heavy (non-hydrogen) atoms. The molecular weight excluding hydrogens is 443 g/mol. The molecule has 1 fully saturated rings. The van der Waals surface area contributed by atoms with E-state index in [9.17, 15) is 9.18 Å². The van der Waals surface area contributed by atoms with Gasteiger partial charge in [-0.2, -0.15) is 0 Å². The summed E-state index contributed by atoms with van der Waals surface area (Å²) in [5.74, 6) is 0.129. The molecule has 1 aliphatic heterocycles. The summed E-state index contributed by atoms with van der Waals surface area (Å²) in [5, 5.41) is 1.26. The number of fused-ring (bicyclic) bond motifs is 3. The van der Waals surface area contributed by atoms with Crippen molar-refractivity contribution >= 4 is 55.0 Å². The van der Waals surface area contributed by atoms with Crippen molar-refractivity contribution in [2.75, 3.05) is 30.3 Å². The second-order valence-electron chi connectivity index (χ2n) is 8.08. The van der Waals surface area contributed by atoms with Gasteiger partial charge in [0, 0.05) is 36.1 Å². The number of carbonyl (C=O) groups is 1. The van der Waals surface area contributed by atoms with Crippen LogP contribution in [0, 0.1) is 12.7 Å². The molecule has 0 saturated carbocycles. The van der Waals surface area contributed by atoms with Crippen LogP contribution >= 0.6 is 23.1 Å². The fraction of sp³-hybridized carbons (Fsp3) is 0.292. The average molecular weight is 467 g/mol. The molecule has 1 atom stereocenters. The lowest BCUT2D eigenvalue weighted by Crippen LogP contribution is -2.54. The highest BCUT2D eigenvalue weighted by molar-refractivity contribution is 8.00. The van der Waals surface area contributed by atoms with Crippen LogP contribution in [0.5, 0.6) is 0 Å². The van der Waals surface area contributed by atoms with Gasteiger partial charge < -0.3 is 9.80 Å². The Balaban J connectivity index is 1.28. The first-order valence-electron chi connectivity index (χ1n) is 10.6. The van der Waals surface area contributed by atoms with Crippen LogP contribution in [0.15, 0.2) is 53.8 Å². The number of nitrogens with zero attached hydrogens (tertiary/aromatic N) is 4. The molecule has 5 nitrogen and oxygen atoms in total. The van der Waals surface area contributed by atoms with E-state index in [1.54, 1.807) is 6.07 Å². The van der Waals surface area contributed by atoms with Crippen molar-refractivity contribution in [2.24, 2.45) is 0 Å². The van der Waals surface area contributed by atoms with Gasteiger partial charge in [-0.3, -0.25) is 4.79 Å². The average Bonchev–Trinajstić information content (AvgIpc) is 3.18. The van der Waals surface area contributed by atoms with Gasteiger partial charge in [0.2, 0.25) is 5.91 Å². The molecule has 2 aromatic carbocycles. The predicted octanol–water partition coefficient (Wildman–Crippen LogP) is 5.12. The molecule has 0 N–H and O–H groups in total. The van der Waals surface area contributed by atoms with E-state index < -0.39 is 0 Å². The van der Waals surface area contributed by atoms with E-state index in [0.717, 1.165) is 21.0 Å². The van der Waals surface area contributed by atoms with Crippen LogP contribution < -0.4 is 4.90 Å². The van der Waals surface area contributed by atoms with Crippen molar-refractivity contribution in [3.8, 4) is 0 Å². The molecule has 1 saturated heterocycles. The highest BCUT2D eigenvalue weighted by atomic mass is 32.2. The number of piperazine rings is 1. The van der Waals surface area contributed by atoms with Crippen LogP contribution in [0.1, 0.15) is 12.5 Å². The Morgan fingerprint density at radius 1 is 1.22 bits per heavy atom. The fourth-order valence-electron chi connectivity index (χ4n) is 4.26. The van der Waals surface area contributed by atoms with Gasteiger partial charge in [0.05, 0.1) is 21.4 Å². The number of benzene rings is 2. The highest BCUT2D eigenvalue weighted by Crippen LogP contribution is 2.38. The monoisotopic (exact) mass is 466 g/mol. The second kappa shape index (κ2) is 8.67. The number of rotatable bonds is 4. The molecule has 5 rings (SSSR count). The normalized spacial score (nSPS) is 16.8. The summed E-state index contributed by atoms with van der Waals surface area (Å²) < 4.78 is 16.0. The topological polar surface area (TPSA) is 49.3 Å². The standard InChI is InChI=1S/C24H23FN4OS2/c1-15-5-3-6-17(11-15)29-10-9-28(12-16(29)2)20(30)13-31-24-23-22(26-14-27-24)21-18(25)7-4-8-19(21)32-23/h3-8,11,14,16H,9-10,12-13H2,1-2H3/t16-/m0/s1. The van der Waals surface area contributed by atoms with Crippen LogP contribution in [0.3, 0.4) is 0 Å². The molecule has 4 aromatic rings. The fourth-order valence-corrected chi connectivity index (χ4v) is 6.40. The molecule has 0 unspecified atom stereocenters. The third-order valence-electron chi connectivity index (χ3n) is 5.84. The third-order valence-corrected chi connectivity index (χ3v) is 8.10. The third kappa shape index (κ3) is 3.93. The first-order valence-corrected chi connectivity index (χ1v) is 12.4. The van der Waals surface area contributed by atoms with E-state index in [1.807, 2.05) is 11.0 Å². The summed E-state index contributed by atoms with van der Waals surface area (Å²) in [5.41, 5.74) is 3.06. The van der Waals surface area contributed by atoms with Gasteiger partial charge in [0.25, 0.3) is 0 Å². The van der Waals surface area contributed by atoms with Crippen LogP contribution in [-0.2, 0) is 4.79 Å². The smallest absolute Gasteiger partial charge is 0.233 e. The number of aromatic nitrogens is 2. The molecule has 0 aliphatic carbocycles. The number of halogens is 1. The van der Waals surface area contributed by atoms with Gasteiger partial charge in [0.1, 0.15) is 17.2 Å². The molecule has 0 bridgehead atoms. The minimum absolute atomic E-state index is 0.102. The van der Waals surface area contributed by atoms with E-state index >= 15 is 0 Å². The highest BCUT2D eigenvalue weighted by Gasteiger charge is 2.27. The number of amides is 1. The zero-order valence-corrected chi connectivity index (χ0v) is 19.5. The lowest BCUT2D eigenvalue weighted by atomic mass is 10.1. The van der Waals surface area contributed by atoms with Gasteiger partial charge in [-0.05, 0) is 43.7 Å². The first-order chi connectivity index (χ1) is 15.5. The number of hydrogen-bond donors (Lipinski definition) is 0. The van der Waals surface area contributed by atoms with Crippen molar-refractivity contribution in [1.29, 1.82) is 0 Å². The number of thiophene rings is 1. The first kappa shape index (κ1) is 21.2. The van der Waals surface area contributed by atoms with Gasteiger partial charge >= 0.3 is 0 Å². The van der Waals surface area contributed by atoms with Gasteiger partial charge in [-0.15, -0.1) is 11.3 Å². The number of thioether (sulfide) groups is 1. The Morgan fingerprint density at radius 2 is 2.06 bits per heavy atom. The van der Waals surface area contributed by atoms with Crippen LogP contribution in [0.2, 0.25) is 0 Å². The zero-order valence-electron chi connectivity index (χ0n) is 17.9. The van der Waals surface area contributed by atoms with E-state index in [2.05, 4.69) is 53.0 Å². The summed E-state index contributed by atoms with van der Waals surface area (Å²) in [6.07, 6.45) is 1.45. The summed E-state index contributed by atoms with van der Waals surface area (Å²) in [6, 6.07) is 13.8. The van der Waals surface area contributed by atoms with E-state index in [0.29, 0.717) is 29.7 Å². The van der Waals surface area contributed by atoms with Crippen LogP contribution in [0.25, 0.3) is 20.3 Å². The van der Waals surface area contributed by atoms with E-state index in [1.165, 1.54) is 46.7 Å². The van der Waals surface area contributed by atoms with Crippen molar-refractivity contribution in [3.05, 3.63) is 60.2 Å². The summed E-state index contributed by atoms with van der Waals surface area (Å²) in [7, 11) is 0. The van der Waals surface area contributed by atoms with Crippen molar-refractivity contribution in [3.63, 3.8) is 0 Å². The number of hydrogen-bond acceptors (Lipinski definition) is 6.